The molecule has 1 aromatic carbocycles. The van der Waals surface area contributed by atoms with Gasteiger partial charge in [0.25, 0.3) is 0 Å². The van der Waals surface area contributed by atoms with Gasteiger partial charge < -0.3 is 11.5 Å². The maximum atomic E-state index is 5.94. The van der Waals surface area contributed by atoms with Crippen molar-refractivity contribution in [2.45, 2.75) is 0 Å². The van der Waals surface area contributed by atoms with Crippen LogP contribution in [-0.4, -0.2) is 15.4 Å². The van der Waals surface area contributed by atoms with Crippen molar-refractivity contribution in [1.82, 2.24) is 15.1 Å². The van der Waals surface area contributed by atoms with E-state index in [-0.39, 0.29) is 5.84 Å². The van der Waals surface area contributed by atoms with Gasteiger partial charge in [0, 0.05) is 16.6 Å². The second-order valence-corrected chi connectivity index (χ2v) is 5.31. The normalized spacial score (nSPS) is 12.7. The Labute approximate surface area is 112 Å². The van der Waals surface area contributed by atoms with Crippen LogP contribution in [0.15, 0.2) is 23.4 Å². The van der Waals surface area contributed by atoms with Crippen LogP contribution >= 0.6 is 28.4 Å². The van der Waals surface area contributed by atoms with E-state index in [1.54, 1.807) is 12.3 Å². The van der Waals surface area contributed by atoms with Gasteiger partial charge in [0.2, 0.25) is 0 Å². The van der Waals surface area contributed by atoms with Crippen molar-refractivity contribution in [2.75, 3.05) is 5.73 Å². The first kappa shape index (κ1) is 12.3. The van der Waals surface area contributed by atoms with Gasteiger partial charge in [0.05, 0.1) is 18.1 Å². The zero-order valence-corrected chi connectivity index (χ0v) is 11.8. The van der Waals surface area contributed by atoms with Gasteiger partial charge in [0.1, 0.15) is 0 Å². The average Bonchev–Trinajstić information content (AvgIpc) is 2.72. The predicted molar refractivity (Wildman–Crippen MR) is 79.9 cm³/mol. The number of hydrogen-bond donors (Lipinski definition) is 4. The van der Waals surface area contributed by atoms with E-state index in [0.717, 1.165) is 10.9 Å². The maximum Gasteiger partial charge on any atom is 0.152 e. The zero-order valence-electron chi connectivity index (χ0n) is 8.68. The summed E-state index contributed by atoms with van der Waals surface area (Å²) in [6.45, 7) is 0. The fourth-order valence-electron chi connectivity index (χ4n) is 1.50. The second kappa shape index (κ2) is 5.03. The van der Waals surface area contributed by atoms with Crippen LogP contribution in [0.3, 0.4) is 0 Å². The predicted octanol–water partition coefficient (Wildman–Crippen LogP) is 0.494. The molecule has 0 fully saturated rings. The quantitative estimate of drug-likeness (QED) is 0.120. The molecule has 0 bridgehead atoms. The molecule has 0 spiro atoms. The van der Waals surface area contributed by atoms with Gasteiger partial charge >= 0.3 is 0 Å². The third kappa shape index (κ3) is 2.28. The SMILES string of the molecule is NN/N=C(\N)c1cc(N)c2cnn(PI)c2c1. The summed E-state index contributed by atoms with van der Waals surface area (Å²) in [5.41, 5.74) is 16.1. The van der Waals surface area contributed by atoms with E-state index in [0.29, 0.717) is 17.6 Å². The smallest absolute Gasteiger partial charge is 0.152 e. The first-order valence-electron chi connectivity index (χ1n) is 4.60. The topological polar surface area (TPSA) is 120 Å². The van der Waals surface area contributed by atoms with E-state index < -0.39 is 0 Å². The summed E-state index contributed by atoms with van der Waals surface area (Å²) in [6.07, 6.45) is 2.24. The molecule has 0 radical (unpaired) electrons. The zero-order chi connectivity index (χ0) is 12.4. The summed E-state index contributed by atoms with van der Waals surface area (Å²) < 4.78 is 1.86. The molecule has 2 aromatic rings. The number of halogens is 1. The molecule has 0 aliphatic carbocycles. The van der Waals surface area contributed by atoms with Crippen molar-refractivity contribution >= 4 is 50.8 Å². The number of nitrogens with one attached hydrogen (secondary N) is 1. The van der Waals surface area contributed by atoms with Crippen LogP contribution in [0.4, 0.5) is 5.69 Å². The number of nitrogens with zero attached hydrogens (tertiary/aromatic N) is 3. The largest absolute Gasteiger partial charge is 0.398 e. The lowest BCUT2D eigenvalue weighted by Crippen LogP contribution is -2.23. The van der Waals surface area contributed by atoms with E-state index >= 15 is 0 Å². The highest BCUT2D eigenvalue weighted by atomic mass is 127. The van der Waals surface area contributed by atoms with Gasteiger partial charge in [-0.05, 0) is 34.2 Å². The van der Waals surface area contributed by atoms with Gasteiger partial charge in [-0.3, -0.25) is 0 Å². The second-order valence-electron chi connectivity index (χ2n) is 3.27. The summed E-state index contributed by atoms with van der Waals surface area (Å²) in [4.78, 5) is 0. The van der Waals surface area contributed by atoms with E-state index in [1.807, 2.05) is 10.5 Å². The van der Waals surface area contributed by atoms with Crippen molar-refractivity contribution in [3.8, 4) is 0 Å². The lowest BCUT2D eigenvalue weighted by Gasteiger charge is -2.05. The number of hydrazone groups is 1. The van der Waals surface area contributed by atoms with Crippen molar-refractivity contribution < 1.29 is 0 Å². The number of benzene rings is 1. The fraction of sp³-hybridized carbons (Fsp3) is 0. The number of hydrogen-bond acceptors (Lipinski definition) is 5. The van der Waals surface area contributed by atoms with Gasteiger partial charge in [-0.2, -0.15) is 5.10 Å². The first-order valence-corrected chi connectivity index (χ1v) is 8.66. The molecule has 1 aromatic heterocycles. The molecule has 0 saturated carbocycles. The summed E-state index contributed by atoms with van der Waals surface area (Å²) >= 11 is 2.25. The Kier molecular flexibility index (Phi) is 3.65. The lowest BCUT2D eigenvalue weighted by atomic mass is 10.1. The minimum atomic E-state index is 0.283. The number of anilines is 1. The van der Waals surface area contributed by atoms with E-state index in [4.69, 9.17) is 17.3 Å². The van der Waals surface area contributed by atoms with Gasteiger partial charge in [0.15, 0.2) is 5.84 Å². The maximum absolute atomic E-state index is 5.94. The molecule has 17 heavy (non-hydrogen) atoms. The van der Waals surface area contributed by atoms with Crippen LogP contribution < -0.4 is 22.8 Å². The Morgan fingerprint density at radius 1 is 1.53 bits per heavy atom. The molecule has 0 aliphatic heterocycles. The van der Waals surface area contributed by atoms with Gasteiger partial charge in [-0.15, -0.1) is 5.10 Å². The molecular formula is C8H11IN7P. The molecule has 1 heterocycles. The van der Waals surface area contributed by atoms with Crippen LogP contribution in [0.2, 0.25) is 0 Å². The van der Waals surface area contributed by atoms with Crippen molar-refractivity contribution in [2.24, 2.45) is 16.7 Å². The Hall–Kier alpha value is -1.12. The van der Waals surface area contributed by atoms with Crippen LogP contribution in [0.1, 0.15) is 5.56 Å². The third-order valence-corrected chi connectivity index (χ3v) is 4.17. The van der Waals surface area contributed by atoms with Gasteiger partial charge in [-0.1, -0.05) is 0 Å². The van der Waals surface area contributed by atoms with Crippen molar-refractivity contribution in [3.05, 3.63) is 23.9 Å². The number of amidine groups is 1. The number of hydrazine groups is 1. The summed E-state index contributed by atoms with van der Waals surface area (Å²) in [5, 5.41) is 8.87. The minimum absolute atomic E-state index is 0.283. The summed E-state index contributed by atoms with van der Waals surface area (Å²) in [7, 11) is 0. The third-order valence-electron chi connectivity index (χ3n) is 2.28. The number of aromatic nitrogens is 2. The highest BCUT2D eigenvalue weighted by Gasteiger charge is 2.09. The molecule has 2 rings (SSSR count). The Morgan fingerprint density at radius 2 is 2.29 bits per heavy atom. The highest BCUT2D eigenvalue weighted by molar-refractivity contribution is 14.2. The standard InChI is InChI=1S/C8H11IN7P/c9-17-16-7-2-4(8(11)14-15-12)1-6(10)5(7)3-13-16/h1-3,15,17H,10,12H2,(H2,11,14). The summed E-state index contributed by atoms with van der Waals surface area (Å²) in [6, 6.07) is 3.64. The molecule has 0 saturated heterocycles. The van der Waals surface area contributed by atoms with Crippen molar-refractivity contribution in [3.63, 3.8) is 0 Å². The molecule has 9 heteroatoms. The molecule has 0 aliphatic rings. The lowest BCUT2D eigenvalue weighted by molar-refractivity contribution is 0.804. The molecular weight excluding hydrogens is 352 g/mol. The minimum Gasteiger partial charge on any atom is -0.398 e. The van der Waals surface area contributed by atoms with E-state index in [1.165, 1.54) is 0 Å². The molecule has 90 valence electrons. The number of nitrogens with two attached hydrogens (primary N) is 3. The Balaban J connectivity index is 2.64. The van der Waals surface area contributed by atoms with Crippen LogP contribution in [0.25, 0.3) is 10.9 Å². The monoisotopic (exact) mass is 363 g/mol. The average molecular weight is 363 g/mol. The summed E-state index contributed by atoms with van der Waals surface area (Å²) in [5.74, 6) is 5.37. The fourth-order valence-corrected chi connectivity index (χ4v) is 3.03. The number of nitrogen functional groups attached to an aromatic ring is 1. The van der Waals surface area contributed by atoms with E-state index in [2.05, 4.69) is 37.8 Å². The highest BCUT2D eigenvalue weighted by Crippen LogP contribution is 2.31. The molecule has 0 amide bonds. The number of rotatable bonds is 3. The Morgan fingerprint density at radius 3 is 2.94 bits per heavy atom. The number of fused-ring (bicyclic) bond motifs is 1. The molecule has 1 unspecified atom stereocenters. The molecule has 1 atom stereocenters. The Bertz CT molecular complexity index is 579. The van der Waals surface area contributed by atoms with Crippen LogP contribution in [0, 0.1) is 0 Å². The van der Waals surface area contributed by atoms with Crippen LogP contribution in [-0.2, 0) is 0 Å². The molecule has 7 N–H and O–H groups in total. The van der Waals surface area contributed by atoms with Crippen molar-refractivity contribution in [1.29, 1.82) is 0 Å². The molecule has 7 nitrogen and oxygen atoms in total. The first-order chi connectivity index (χ1) is 8.17. The van der Waals surface area contributed by atoms with E-state index in [9.17, 15) is 0 Å². The van der Waals surface area contributed by atoms with Gasteiger partial charge in [-0.25, -0.2) is 15.8 Å². The van der Waals surface area contributed by atoms with Crippen LogP contribution in [0.5, 0.6) is 0 Å².